The van der Waals surface area contributed by atoms with Crippen molar-refractivity contribution in [1.82, 2.24) is 5.32 Å². The number of aryl methyl sites for hydroxylation is 1. The zero-order chi connectivity index (χ0) is 17.9. The van der Waals surface area contributed by atoms with Crippen molar-refractivity contribution in [3.63, 3.8) is 0 Å². The highest BCUT2D eigenvalue weighted by Gasteiger charge is 2.17. The fourth-order valence-electron chi connectivity index (χ4n) is 2.47. The minimum Gasteiger partial charge on any atom is -0.349 e. The minimum absolute atomic E-state index is 0.180. The standard InChI is InChI=1S/C18H20FNO3S/c1-12-5-4-6-14(9-12)10-18(21)20-13(2)15-7-8-17(16(19)11-15)24(3,22)23/h4-9,11,13H,10H2,1-3H3,(H,20,21)/t13-/m1/s1. The molecule has 2 aromatic carbocycles. The zero-order valence-electron chi connectivity index (χ0n) is 13.8. The van der Waals surface area contributed by atoms with Crippen LogP contribution in [0.4, 0.5) is 4.39 Å². The first-order valence-corrected chi connectivity index (χ1v) is 9.40. The molecule has 2 aromatic rings. The summed E-state index contributed by atoms with van der Waals surface area (Å²) in [6.45, 7) is 3.68. The number of hydrogen-bond acceptors (Lipinski definition) is 3. The van der Waals surface area contributed by atoms with Crippen molar-refractivity contribution in [2.45, 2.75) is 31.2 Å². The largest absolute Gasteiger partial charge is 0.349 e. The van der Waals surface area contributed by atoms with Gasteiger partial charge in [0, 0.05) is 6.26 Å². The summed E-state index contributed by atoms with van der Waals surface area (Å²) in [5.41, 5.74) is 2.49. The number of carbonyl (C=O) groups excluding carboxylic acids is 1. The molecule has 0 fully saturated rings. The molecular weight excluding hydrogens is 329 g/mol. The molecule has 0 aromatic heterocycles. The molecule has 1 N–H and O–H groups in total. The number of sulfone groups is 1. The molecule has 0 saturated heterocycles. The summed E-state index contributed by atoms with van der Waals surface area (Å²) in [6, 6.07) is 11.1. The number of halogens is 1. The Morgan fingerprint density at radius 1 is 1.21 bits per heavy atom. The summed E-state index contributed by atoms with van der Waals surface area (Å²) in [4.78, 5) is 11.8. The number of nitrogens with one attached hydrogen (secondary N) is 1. The van der Waals surface area contributed by atoms with E-state index in [0.717, 1.165) is 23.4 Å². The van der Waals surface area contributed by atoms with Gasteiger partial charge in [-0.2, -0.15) is 0 Å². The Labute approximate surface area is 141 Å². The van der Waals surface area contributed by atoms with E-state index >= 15 is 0 Å². The van der Waals surface area contributed by atoms with Gasteiger partial charge in [-0.15, -0.1) is 0 Å². The SMILES string of the molecule is Cc1cccc(CC(=O)N[C@H](C)c2ccc(S(C)(=O)=O)c(F)c2)c1. The first kappa shape index (κ1) is 18.1. The molecule has 128 valence electrons. The average Bonchev–Trinajstić information content (AvgIpc) is 2.45. The zero-order valence-corrected chi connectivity index (χ0v) is 14.7. The Morgan fingerprint density at radius 2 is 1.92 bits per heavy atom. The van der Waals surface area contributed by atoms with Crippen molar-refractivity contribution in [2.75, 3.05) is 6.26 Å². The van der Waals surface area contributed by atoms with Gasteiger partial charge in [-0.1, -0.05) is 35.9 Å². The maximum atomic E-state index is 13.9. The van der Waals surface area contributed by atoms with E-state index in [2.05, 4.69) is 5.32 Å². The van der Waals surface area contributed by atoms with Gasteiger partial charge in [0.05, 0.1) is 12.5 Å². The van der Waals surface area contributed by atoms with Crippen molar-refractivity contribution >= 4 is 15.7 Å². The third-order valence-electron chi connectivity index (χ3n) is 3.68. The Hall–Kier alpha value is -2.21. The lowest BCUT2D eigenvalue weighted by atomic mass is 10.1. The van der Waals surface area contributed by atoms with Gasteiger partial charge in [0.25, 0.3) is 0 Å². The van der Waals surface area contributed by atoms with Crippen LogP contribution in [0.15, 0.2) is 47.4 Å². The monoisotopic (exact) mass is 349 g/mol. The summed E-state index contributed by atoms with van der Waals surface area (Å²) in [7, 11) is -3.61. The maximum Gasteiger partial charge on any atom is 0.224 e. The second-order valence-electron chi connectivity index (χ2n) is 5.92. The van der Waals surface area contributed by atoms with Crippen LogP contribution in [0.5, 0.6) is 0 Å². The molecule has 0 heterocycles. The predicted octanol–water partition coefficient (Wildman–Crippen LogP) is 2.96. The van der Waals surface area contributed by atoms with Crippen molar-refractivity contribution in [3.8, 4) is 0 Å². The third kappa shape index (κ3) is 4.64. The van der Waals surface area contributed by atoms with Crippen LogP contribution < -0.4 is 5.32 Å². The predicted molar refractivity (Wildman–Crippen MR) is 91.0 cm³/mol. The molecule has 0 unspecified atom stereocenters. The number of rotatable bonds is 5. The molecule has 1 atom stereocenters. The average molecular weight is 349 g/mol. The molecule has 6 heteroatoms. The number of amides is 1. The third-order valence-corrected chi connectivity index (χ3v) is 4.81. The van der Waals surface area contributed by atoms with E-state index in [9.17, 15) is 17.6 Å². The molecule has 0 aliphatic heterocycles. The summed E-state index contributed by atoms with van der Waals surface area (Å²) < 4.78 is 36.8. The Kier molecular flexibility index (Phi) is 5.39. The Bertz CT molecular complexity index is 862. The van der Waals surface area contributed by atoms with Crippen LogP contribution in [0.2, 0.25) is 0 Å². The second-order valence-corrected chi connectivity index (χ2v) is 7.90. The second kappa shape index (κ2) is 7.13. The van der Waals surface area contributed by atoms with E-state index in [4.69, 9.17) is 0 Å². The van der Waals surface area contributed by atoms with E-state index in [1.165, 1.54) is 12.1 Å². The molecule has 4 nitrogen and oxygen atoms in total. The van der Waals surface area contributed by atoms with E-state index in [0.29, 0.717) is 5.56 Å². The topological polar surface area (TPSA) is 63.2 Å². The minimum atomic E-state index is -3.61. The molecule has 0 aliphatic rings. The highest BCUT2D eigenvalue weighted by atomic mass is 32.2. The lowest BCUT2D eigenvalue weighted by molar-refractivity contribution is -0.121. The quantitative estimate of drug-likeness (QED) is 0.903. The molecule has 24 heavy (non-hydrogen) atoms. The Morgan fingerprint density at radius 3 is 2.50 bits per heavy atom. The number of hydrogen-bond donors (Lipinski definition) is 1. The van der Waals surface area contributed by atoms with Crippen LogP contribution in [0.3, 0.4) is 0 Å². The lowest BCUT2D eigenvalue weighted by Crippen LogP contribution is -2.28. The molecule has 0 spiro atoms. The number of carbonyl (C=O) groups is 1. The van der Waals surface area contributed by atoms with E-state index in [-0.39, 0.29) is 17.2 Å². The van der Waals surface area contributed by atoms with Gasteiger partial charge in [0.15, 0.2) is 9.84 Å². The highest BCUT2D eigenvalue weighted by molar-refractivity contribution is 7.90. The summed E-state index contributed by atoms with van der Waals surface area (Å²) in [6.07, 6.45) is 1.19. The molecule has 0 aliphatic carbocycles. The van der Waals surface area contributed by atoms with Crippen LogP contribution >= 0.6 is 0 Å². The molecule has 0 bridgehead atoms. The lowest BCUT2D eigenvalue weighted by Gasteiger charge is -2.15. The van der Waals surface area contributed by atoms with Gasteiger partial charge in [-0.25, -0.2) is 12.8 Å². The molecule has 1 amide bonds. The van der Waals surface area contributed by atoms with Crippen molar-refractivity contribution < 1.29 is 17.6 Å². The van der Waals surface area contributed by atoms with Crippen LogP contribution in [-0.2, 0) is 21.1 Å². The van der Waals surface area contributed by atoms with Crippen molar-refractivity contribution in [2.24, 2.45) is 0 Å². The normalized spacial score (nSPS) is 12.7. The van der Waals surface area contributed by atoms with Gasteiger partial charge >= 0.3 is 0 Å². The summed E-state index contributed by atoms with van der Waals surface area (Å²) >= 11 is 0. The Balaban J connectivity index is 2.08. The van der Waals surface area contributed by atoms with Crippen molar-refractivity contribution in [3.05, 3.63) is 65.0 Å². The molecular formula is C18H20FNO3S. The van der Waals surface area contributed by atoms with Crippen LogP contribution in [0, 0.1) is 12.7 Å². The fraction of sp³-hybridized carbons (Fsp3) is 0.278. The molecule has 2 rings (SSSR count). The summed E-state index contributed by atoms with van der Waals surface area (Å²) in [5, 5.41) is 2.79. The van der Waals surface area contributed by atoms with Gasteiger partial charge in [0.2, 0.25) is 5.91 Å². The first-order valence-electron chi connectivity index (χ1n) is 7.51. The van der Waals surface area contributed by atoms with E-state index in [1.807, 2.05) is 31.2 Å². The molecule has 0 saturated carbocycles. The van der Waals surface area contributed by atoms with Crippen LogP contribution in [0.1, 0.15) is 29.7 Å². The fourth-order valence-corrected chi connectivity index (χ4v) is 3.20. The maximum absolute atomic E-state index is 13.9. The first-order chi connectivity index (χ1) is 11.2. The summed E-state index contributed by atoms with van der Waals surface area (Å²) in [5.74, 6) is -0.990. The van der Waals surface area contributed by atoms with Gasteiger partial charge in [-0.05, 0) is 37.1 Å². The van der Waals surface area contributed by atoms with E-state index in [1.54, 1.807) is 6.92 Å². The van der Waals surface area contributed by atoms with Gasteiger partial charge in [0.1, 0.15) is 10.7 Å². The van der Waals surface area contributed by atoms with Crippen LogP contribution in [-0.4, -0.2) is 20.6 Å². The van der Waals surface area contributed by atoms with Crippen LogP contribution in [0.25, 0.3) is 0 Å². The van der Waals surface area contributed by atoms with Crippen molar-refractivity contribution in [1.29, 1.82) is 0 Å². The smallest absolute Gasteiger partial charge is 0.224 e. The van der Waals surface area contributed by atoms with Gasteiger partial charge < -0.3 is 5.32 Å². The molecule has 0 radical (unpaired) electrons. The number of benzene rings is 2. The van der Waals surface area contributed by atoms with Gasteiger partial charge in [-0.3, -0.25) is 4.79 Å². The van der Waals surface area contributed by atoms with E-state index < -0.39 is 21.7 Å². The highest BCUT2D eigenvalue weighted by Crippen LogP contribution is 2.20.